The summed E-state index contributed by atoms with van der Waals surface area (Å²) in [7, 11) is 0. The molecule has 0 bridgehead atoms. The van der Waals surface area contributed by atoms with E-state index in [2.05, 4.69) is 16.4 Å². The lowest BCUT2D eigenvalue weighted by molar-refractivity contribution is 0.178. The number of pyridine rings is 1. The molecule has 1 aromatic carbocycles. The minimum absolute atomic E-state index is 0.546. The average Bonchev–Trinajstić information content (AvgIpc) is 2.78. The van der Waals surface area contributed by atoms with Crippen LogP contribution >= 0.6 is 11.6 Å². The van der Waals surface area contributed by atoms with Crippen LogP contribution in [0.1, 0.15) is 55.2 Å². The van der Waals surface area contributed by atoms with Gasteiger partial charge in [0.1, 0.15) is 0 Å². The summed E-state index contributed by atoms with van der Waals surface area (Å²) in [4.78, 5) is 4.64. The Bertz CT molecular complexity index is 777. The minimum atomic E-state index is -0.546. The smallest absolute Gasteiger partial charge is 0.0851 e. The van der Waals surface area contributed by atoms with Crippen LogP contribution in [0, 0.1) is 0 Å². The van der Waals surface area contributed by atoms with Crippen molar-refractivity contribution in [3.63, 3.8) is 0 Å². The van der Waals surface area contributed by atoms with Crippen LogP contribution in [0.3, 0.4) is 0 Å². The van der Waals surface area contributed by atoms with Crippen LogP contribution in [0.25, 0.3) is 5.57 Å². The molecule has 2 N–H and O–H groups in total. The largest absolute Gasteiger partial charge is 0.388 e. The van der Waals surface area contributed by atoms with Gasteiger partial charge in [0.15, 0.2) is 0 Å². The van der Waals surface area contributed by atoms with Crippen LogP contribution in [-0.2, 0) is 6.42 Å². The number of hydrogen-bond donors (Lipinski definition) is 2. The maximum Gasteiger partial charge on any atom is 0.0851 e. The molecule has 2 heterocycles. The first-order valence-corrected chi connectivity index (χ1v) is 9.47. The van der Waals surface area contributed by atoms with E-state index in [1.807, 2.05) is 44.3 Å². The first-order valence-electron chi connectivity index (χ1n) is 9.09. The summed E-state index contributed by atoms with van der Waals surface area (Å²) >= 11 is 6.20. The summed E-state index contributed by atoms with van der Waals surface area (Å²) < 4.78 is 0. The normalized spacial score (nSPS) is 19.3. The van der Waals surface area contributed by atoms with E-state index < -0.39 is 6.10 Å². The summed E-state index contributed by atoms with van der Waals surface area (Å²) in [5.74, 6) is 0. The van der Waals surface area contributed by atoms with Crippen LogP contribution in [-0.4, -0.2) is 23.2 Å². The van der Waals surface area contributed by atoms with E-state index in [0.29, 0.717) is 11.4 Å². The van der Waals surface area contributed by atoms with Gasteiger partial charge in [-0.2, -0.15) is 0 Å². The second-order valence-corrected chi connectivity index (χ2v) is 6.63. The van der Waals surface area contributed by atoms with Crippen LogP contribution in [0.4, 0.5) is 0 Å². The van der Waals surface area contributed by atoms with Crippen LogP contribution in [0.2, 0.25) is 5.02 Å². The van der Waals surface area contributed by atoms with Crippen molar-refractivity contribution in [3.8, 4) is 0 Å². The molecular formula is C21H25ClN2O. The standard InChI is InChI=1S/C19H19ClN2O.C2H6/c20-14-3-4-15-13(10-14)11-17(23)16-2-1-7-22-19(16)18(15)12-5-8-21-9-6-12;1-2/h1-4,7,10,17,21,23H,5-6,8-9,11H2;1-2H3. The highest BCUT2D eigenvalue weighted by Gasteiger charge is 2.27. The Hall–Kier alpha value is -1.68. The van der Waals surface area contributed by atoms with Crippen molar-refractivity contribution >= 4 is 17.2 Å². The Morgan fingerprint density at radius 1 is 1.16 bits per heavy atom. The van der Waals surface area contributed by atoms with Gasteiger partial charge in [-0.25, -0.2) is 0 Å². The Labute approximate surface area is 154 Å². The second-order valence-electron chi connectivity index (χ2n) is 6.19. The van der Waals surface area contributed by atoms with Crippen molar-refractivity contribution in [3.05, 3.63) is 69.5 Å². The van der Waals surface area contributed by atoms with Crippen LogP contribution < -0.4 is 5.32 Å². The Morgan fingerprint density at radius 2 is 1.92 bits per heavy atom. The van der Waals surface area contributed by atoms with Gasteiger partial charge in [-0.1, -0.05) is 43.2 Å². The minimum Gasteiger partial charge on any atom is -0.388 e. The van der Waals surface area contributed by atoms with Gasteiger partial charge in [0.25, 0.3) is 0 Å². The molecule has 132 valence electrons. The molecule has 0 radical (unpaired) electrons. The molecule has 2 aromatic rings. The number of nitrogens with one attached hydrogen (secondary N) is 1. The third kappa shape index (κ3) is 3.64. The predicted molar refractivity (Wildman–Crippen MR) is 104 cm³/mol. The van der Waals surface area contributed by atoms with E-state index in [-0.39, 0.29) is 0 Å². The molecule has 1 aromatic heterocycles. The molecule has 0 amide bonds. The van der Waals surface area contributed by atoms with Gasteiger partial charge >= 0.3 is 0 Å². The zero-order valence-electron chi connectivity index (χ0n) is 14.8. The van der Waals surface area contributed by atoms with Crippen molar-refractivity contribution in [2.45, 2.75) is 39.2 Å². The van der Waals surface area contributed by atoms with Gasteiger partial charge in [0, 0.05) is 28.8 Å². The second kappa shape index (κ2) is 8.13. The lowest BCUT2D eigenvalue weighted by atomic mass is 9.89. The molecule has 1 aliphatic heterocycles. The zero-order valence-corrected chi connectivity index (χ0v) is 15.6. The lowest BCUT2D eigenvalue weighted by Gasteiger charge is -2.21. The van der Waals surface area contributed by atoms with E-state index >= 15 is 0 Å². The summed E-state index contributed by atoms with van der Waals surface area (Å²) in [5, 5.41) is 14.8. The van der Waals surface area contributed by atoms with E-state index in [0.717, 1.165) is 42.8 Å². The van der Waals surface area contributed by atoms with Crippen LogP contribution in [0.5, 0.6) is 0 Å². The molecule has 1 saturated heterocycles. The number of rotatable bonds is 0. The average molecular weight is 357 g/mol. The van der Waals surface area contributed by atoms with Gasteiger partial charge < -0.3 is 10.4 Å². The first kappa shape index (κ1) is 18.1. The predicted octanol–water partition coefficient (Wildman–Crippen LogP) is 4.54. The highest BCUT2D eigenvalue weighted by atomic mass is 35.5. The molecular weight excluding hydrogens is 332 g/mol. The number of nitrogens with zero attached hydrogens (tertiary/aromatic N) is 1. The monoisotopic (exact) mass is 356 g/mol. The molecule has 4 heteroatoms. The number of aliphatic hydroxyl groups is 1. The SMILES string of the molecule is CC.OC1Cc2cc(Cl)ccc2C(=C2CCNCC2)c2ncccc21. The summed E-state index contributed by atoms with van der Waals surface area (Å²) in [6, 6.07) is 9.88. The van der Waals surface area contributed by atoms with E-state index in [9.17, 15) is 5.11 Å². The van der Waals surface area contributed by atoms with E-state index in [1.54, 1.807) is 0 Å². The molecule has 3 nitrogen and oxygen atoms in total. The number of halogens is 1. The van der Waals surface area contributed by atoms with Crippen molar-refractivity contribution in [2.24, 2.45) is 0 Å². The van der Waals surface area contributed by atoms with Crippen molar-refractivity contribution in [2.75, 3.05) is 13.1 Å². The Kier molecular flexibility index (Phi) is 5.89. The molecule has 0 saturated carbocycles. The molecule has 1 unspecified atom stereocenters. The van der Waals surface area contributed by atoms with Gasteiger partial charge in [-0.05, 0) is 55.3 Å². The number of hydrogen-bond acceptors (Lipinski definition) is 3. The third-order valence-corrected chi connectivity index (χ3v) is 4.98. The topological polar surface area (TPSA) is 45.1 Å². The summed E-state index contributed by atoms with van der Waals surface area (Å²) in [5.41, 5.74) is 6.73. The summed E-state index contributed by atoms with van der Waals surface area (Å²) in [6.45, 7) is 5.99. The fourth-order valence-electron chi connectivity index (χ4n) is 3.65. The summed E-state index contributed by atoms with van der Waals surface area (Å²) in [6.07, 6.45) is 3.88. The molecule has 4 rings (SSSR count). The van der Waals surface area contributed by atoms with Crippen molar-refractivity contribution in [1.29, 1.82) is 0 Å². The Balaban J connectivity index is 0.000000880. The fourth-order valence-corrected chi connectivity index (χ4v) is 3.85. The van der Waals surface area contributed by atoms with Crippen molar-refractivity contribution in [1.82, 2.24) is 10.3 Å². The maximum absolute atomic E-state index is 10.7. The fraction of sp³-hybridized carbons (Fsp3) is 0.381. The van der Waals surface area contributed by atoms with Crippen molar-refractivity contribution < 1.29 is 5.11 Å². The third-order valence-electron chi connectivity index (χ3n) is 4.75. The van der Waals surface area contributed by atoms with E-state index in [1.165, 1.54) is 16.7 Å². The Morgan fingerprint density at radius 3 is 2.68 bits per heavy atom. The van der Waals surface area contributed by atoms with Gasteiger partial charge in [-0.3, -0.25) is 4.98 Å². The number of aliphatic hydroxyl groups excluding tert-OH is 1. The molecule has 1 atom stereocenters. The molecule has 1 fully saturated rings. The molecule has 2 aliphatic rings. The number of fused-ring (bicyclic) bond motifs is 2. The lowest BCUT2D eigenvalue weighted by Crippen LogP contribution is -2.24. The quantitative estimate of drug-likeness (QED) is 0.728. The highest BCUT2D eigenvalue weighted by Crippen LogP contribution is 2.40. The van der Waals surface area contributed by atoms with E-state index in [4.69, 9.17) is 11.6 Å². The maximum atomic E-state index is 10.7. The molecule has 0 spiro atoms. The molecule has 25 heavy (non-hydrogen) atoms. The van der Waals surface area contributed by atoms with Gasteiger partial charge in [0.05, 0.1) is 11.8 Å². The number of aromatic nitrogens is 1. The number of piperidine rings is 1. The molecule has 1 aliphatic carbocycles. The van der Waals surface area contributed by atoms with Crippen LogP contribution in [0.15, 0.2) is 42.1 Å². The van der Waals surface area contributed by atoms with Gasteiger partial charge in [-0.15, -0.1) is 0 Å². The number of benzene rings is 1. The first-order chi connectivity index (χ1) is 12.2. The van der Waals surface area contributed by atoms with Gasteiger partial charge in [0.2, 0.25) is 0 Å². The zero-order chi connectivity index (χ0) is 17.8. The highest BCUT2D eigenvalue weighted by molar-refractivity contribution is 6.30.